The highest BCUT2D eigenvalue weighted by molar-refractivity contribution is 5.98. The summed E-state index contributed by atoms with van der Waals surface area (Å²) in [5, 5.41) is 4.26. The molecular weight excluding hydrogens is 336 g/mol. The van der Waals surface area contributed by atoms with E-state index in [1.165, 1.54) is 0 Å². The van der Waals surface area contributed by atoms with Crippen molar-refractivity contribution in [1.29, 1.82) is 0 Å². The maximum atomic E-state index is 13.0. The SMILES string of the molecule is CC(C)C(NC(=O)c1ccc2c(ccn2C)c1)c1nc2ccccc2n1C. The number of rotatable bonds is 4. The van der Waals surface area contributed by atoms with Crippen LogP contribution in [0.15, 0.2) is 54.7 Å². The van der Waals surface area contributed by atoms with Gasteiger partial charge >= 0.3 is 0 Å². The molecule has 1 N–H and O–H groups in total. The molecule has 1 unspecified atom stereocenters. The number of benzene rings is 2. The Morgan fingerprint density at radius 3 is 2.56 bits per heavy atom. The van der Waals surface area contributed by atoms with Crippen LogP contribution in [0.3, 0.4) is 0 Å². The van der Waals surface area contributed by atoms with Gasteiger partial charge in [-0.25, -0.2) is 4.98 Å². The average Bonchev–Trinajstić information content (AvgIpc) is 3.20. The average molecular weight is 360 g/mol. The van der Waals surface area contributed by atoms with Crippen LogP contribution >= 0.6 is 0 Å². The first-order valence-corrected chi connectivity index (χ1v) is 9.23. The second-order valence-electron chi connectivity index (χ2n) is 7.41. The van der Waals surface area contributed by atoms with Crippen molar-refractivity contribution in [3.05, 3.63) is 66.1 Å². The molecular formula is C22H24N4O. The zero-order chi connectivity index (χ0) is 19.1. The summed E-state index contributed by atoms with van der Waals surface area (Å²) in [5.74, 6) is 1.01. The molecule has 2 aromatic carbocycles. The third kappa shape index (κ3) is 2.99. The Kier molecular flexibility index (Phi) is 4.22. The molecule has 0 aliphatic heterocycles. The molecule has 1 atom stereocenters. The van der Waals surface area contributed by atoms with Crippen molar-refractivity contribution in [3.8, 4) is 0 Å². The first kappa shape index (κ1) is 17.3. The number of nitrogens with zero attached hydrogens (tertiary/aromatic N) is 3. The Hall–Kier alpha value is -3.08. The van der Waals surface area contributed by atoms with Crippen molar-refractivity contribution in [2.75, 3.05) is 0 Å². The van der Waals surface area contributed by atoms with Crippen LogP contribution in [0, 0.1) is 5.92 Å². The van der Waals surface area contributed by atoms with E-state index in [9.17, 15) is 4.79 Å². The molecule has 2 heterocycles. The minimum Gasteiger partial charge on any atom is -0.351 e. The summed E-state index contributed by atoms with van der Waals surface area (Å²) in [6, 6.07) is 15.7. The lowest BCUT2D eigenvalue weighted by Gasteiger charge is -2.22. The molecule has 4 rings (SSSR count). The number of aromatic nitrogens is 3. The highest BCUT2D eigenvalue weighted by atomic mass is 16.1. The highest BCUT2D eigenvalue weighted by Crippen LogP contribution is 2.25. The Bertz CT molecular complexity index is 1140. The number of hydrogen-bond donors (Lipinski definition) is 1. The fourth-order valence-corrected chi connectivity index (χ4v) is 3.62. The summed E-state index contributed by atoms with van der Waals surface area (Å²) < 4.78 is 4.12. The van der Waals surface area contributed by atoms with Gasteiger partial charge in [0.15, 0.2) is 0 Å². The first-order valence-electron chi connectivity index (χ1n) is 9.23. The molecule has 0 aliphatic carbocycles. The molecule has 5 nitrogen and oxygen atoms in total. The third-order valence-electron chi connectivity index (χ3n) is 5.20. The first-order chi connectivity index (χ1) is 13.0. The van der Waals surface area contributed by atoms with E-state index in [4.69, 9.17) is 4.98 Å². The quantitative estimate of drug-likeness (QED) is 0.593. The standard InChI is InChI=1S/C22H24N4O/c1-14(2)20(21-23-17-7-5-6-8-19(17)26(21)4)24-22(27)16-9-10-18-15(13-16)11-12-25(18)3/h5-14,20H,1-4H3,(H,24,27). The monoisotopic (exact) mass is 360 g/mol. The van der Waals surface area contributed by atoms with Crippen LogP contribution in [0.4, 0.5) is 0 Å². The van der Waals surface area contributed by atoms with Crippen molar-refractivity contribution in [3.63, 3.8) is 0 Å². The lowest BCUT2D eigenvalue weighted by molar-refractivity contribution is 0.0922. The molecule has 1 amide bonds. The second kappa shape index (κ2) is 6.58. The topological polar surface area (TPSA) is 51.9 Å². The molecule has 0 aliphatic rings. The van der Waals surface area contributed by atoms with E-state index >= 15 is 0 Å². The summed E-state index contributed by atoms with van der Waals surface area (Å²) in [4.78, 5) is 17.7. The summed E-state index contributed by atoms with van der Waals surface area (Å²) >= 11 is 0. The van der Waals surface area contributed by atoms with E-state index in [2.05, 4.69) is 23.7 Å². The molecule has 5 heteroatoms. The Morgan fingerprint density at radius 2 is 1.81 bits per heavy atom. The van der Waals surface area contributed by atoms with Crippen LogP contribution in [0.5, 0.6) is 0 Å². The van der Waals surface area contributed by atoms with Gasteiger partial charge in [0, 0.05) is 36.8 Å². The van der Waals surface area contributed by atoms with Gasteiger partial charge in [0.1, 0.15) is 5.82 Å². The number of aryl methyl sites for hydroxylation is 2. The Labute approximate surface area is 158 Å². The van der Waals surface area contributed by atoms with Gasteiger partial charge in [-0.05, 0) is 42.3 Å². The highest BCUT2D eigenvalue weighted by Gasteiger charge is 2.24. The smallest absolute Gasteiger partial charge is 0.251 e. The number of nitrogens with one attached hydrogen (secondary N) is 1. The number of hydrogen-bond acceptors (Lipinski definition) is 2. The van der Waals surface area contributed by atoms with E-state index in [0.717, 1.165) is 27.8 Å². The number of fused-ring (bicyclic) bond motifs is 2. The van der Waals surface area contributed by atoms with Gasteiger partial charge in [0.25, 0.3) is 5.91 Å². The Morgan fingerprint density at radius 1 is 1.04 bits per heavy atom. The molecule has 0 spiro atoms. The zero-order valence-electron chi connectivity index (χ0n) is 16.1. The van der Waals surface area contributed by atoms with Crippen LogP contribution in [-0.2, 0) is 14.1 Å². The van der Waals surface area contributed by atoms with Crippen molar-refractivity contribution in [1.82, 2.24) is 19.4 Å². The van der Waals surface area contributed by atoms with Crippen LogP contribution in [0.1, 0.15) is 36.1 Å². The van der Waals surface area contributed by atoms with Crippen LogP contribution < -0.4 is 5.32 Å². The van der Waals surface area contributed by atoms with Crippen LogP contribution in [0.2, 0.25) is 0 Å². The predicted octanol–water partition coefficient (Wildman–Crippen LogP) is 4.19. The van der Waals surface area contributed by atoms with E-state index in [0.29, 0.717) is 5.56 Å². The van der Waals surface area contributed by atoms with E-state index in [1.54, 1.807) is 0 Å². The summed E-state index contributed by atoms with van der Waals surface area (Å²) in [7, 11) is 4.00. The number of imidazole rings is 1. The molecule has 27 heavy (non-hydrogen) atoms. The van der Waals surface area contributed by atoms with Gasteiger partial charge in [-0.15, -0.1) is 0 Å². The van der Waals surface area contributed by atoms with Gasteiger partial charge in [-0.3, -0.25) is 4.79 Å². The largest absolute Gasteiger partial charge is 0.351 e. The molecule has 0 fully saturated rings. The maximum absolute atomic E-state index is 13.0. The van der Waals surface area contributed by atoms with Gasteiger partial charge in [-0.1, -0.05) is 26.0 Å². The summed E-state index contributed by atoms with van der Waals surface area (Å²) in [6.07, 6.45) is 2.00. The van der Waals surface area contributed by atoms with Crippen molar-refractivity contribution < 1.29 is 4.79 Å². The number of carbonyl (C=O) groups is 1. The minimum absolute atomic E-state index is 0.0773. The van der Waals surface area contributed by atoms with Crippen molar-refractivity contribution in [2.24, 2.45) is 20.0 Å². The molecule has 138 valence electrons. The number of para-hydroxylation sites is 2. The van der Waals surface area contributed by atoms with E-state index in [-0.39, 0.29) is 17.9 Å². The molecule has 0 saturated carbocycles. The molecule has 0 saturated heterocycles. The van der Waals surface area contributed by atoms with Crippen molar-refractivity contribution in [2.45, 2.75) is 19.9 Å². The third-order valence-corrected chi connectivity index (χ3v) is 5.20. The normalized spacial score (nSPS) is 12.8. The summed E-state index contributed by atoms with van der Waals surface area (Å²) in [6.45, 7) is 4.20. The van der Waals surface area contributed by atoms with Crippen LogP contribution in [-0.4, -0.2) is 20.0 Å². The van der Waals surface area contributed by atoms with Crippen LogP contribution in [0.25, 0.3) is 21.9 Å². The maximum Gasteiger partial charge on any atom is 0.251 e. The molecule has 4 aromatic rings. The lowest BCUT2D eigenvalue weighted by atomic mass is 10.0. The van der Waals surface area contributed by atoms with Gasteiger partial charge in [0.2, 0.25) is 0 Å². The van der Waals surface area contributed by atoms with Gasteiger partial charge < -0.3 is 14.5 Å². The summed E-state index contributed by atoms with van der Waals surface area (Å²) in [5.41, 5.74) is 3.79. The van der Waals surface area contributed by atoms with Gasteiger partial charge in [0.05, 0.1) is 17.1 Å². The van der Waals surface area contributed by atoms with E-state index in [1.807, 2.05) is 73.4 Å². The second-order valence-corrected chi connectivity index (χ2v) is 7.41. The van der Waals surface area contributed by atoms with Gasteiger partial charge in [-0.2, -0.15) is 0 Å². The predicted molar refractivity (Wildman–Crippen MR) is 109 cm³/mol. The zero-order valence-corrected chi connectivity index (χ0v) is 16.1. The van der Waals surface area contributed by atoms with E-state index < -0.39 is 0 Å². The lowest BCUT2D eigenvalue weighted by Crippen LogP contribution is -2.33. The fraction of sp³-hybridized carbons (Fsp3) is 0.273. The molecule has 2 aromatic heterocycles. The van der Waals surface area contributed by atoms with Crippen molar-refractivity contribution >= 4 is 27.8 Å². The fourth-order valence-electron chi connectivity index (χ4n) is 3.62. The number of amides is 1. The Balaban J connectivity index is 1.67. The molecule has 0 bridgehead atoms. The number of carbonyl (C=O) groups excluding carboxylic acids is 1. The molecule has 0 radical (unpaired) electrons. The minimum atomic E-state index is -0.165.